The van der Waals surface area contributed by atoms with Gasteiger partial charge in [0.15, 0.2) is 5.76 Å². The molecule has 0 radical (unpaired) electrons. The molecule has 5 heteroatoms. The Hall–Kier alpha value is -3.60. The lowest BCUT2D eigenvalue weighted by Gasteiger charge is -2.10. The topological polar surface area (TPSA) is 65.7 Å². The molecular weight excluding hydrogens is 356 g/mol. The summed E-state index contributed by atoms with van der Waals surface area (Å²) in [7, 11) is 0. The highest BCUT2D eigenvalue weighted by Crippen LogP contribution is 2.39. The van der Waals surface area contributed by atoms with Gasteiger partial charge in [0.25, 0.3) is 0 Å². The Labute approximate surface area is 162 Å². The lowest BCUT2D eigenvalue weighted by Crippen LogP contribution is -2.09. The van der Waals surface area contributed by atoms with E-state index in [0.717, 1.165) is 11.3 Å². The van der Waals surface area contributed by atoms with E-state index < -0.39 is 5.97 Å². The van der Waals surface area contributed by atoms with Crippen molar-refractivity contribution in [3.05, 3.63) is 88.1 Å². The number of esters is 1. The molecule has 0 saturated heterocycles. The highest BCUT2D eigenvalue weighted by molar-refractivity contribution is 6.14. The van der Waals surface area contributed by atoms with Crippen molar-refractivity contribution in [2.24, 2.45) is 0 Å². The molecule has 5 nitrogen and oxygen atoms in total. The molecule has 1 aliphatic rings. The van der Waals surface area contributed by atoms with E-state index in [-0.39, 0.29) is 11.5 Å². The summed E-state index contributed by atoms with van der Waals surface area (Å²) < 4.78 is 16.8. The Morgan fingerprint density at radius 3 is 2.57 bits per heavy atom. The SMILES string of the molecule is Cc1cccc(C(=O)Oc2ccc3c(c2C)O/C(=C\c2ccc(C)o2)C3=O)c1. The monoisotopic (exact) mass is 374 g/mol. The molecule has 0 atom stereocenters. The second-order valence-electron chi connectivity index (χ2n) is 6.71. The maximum atomic E-state index is 12.6. The van der Waals surface area contributed by atoms with Crippen LogP contribution < -0.4 is 9.47 Å². The van der Waals surface area contributed by atoms with Gasteiger partial charge in [-0.1, -0.05) is 17.7 Å². The first-order valence-electron chi connectivity index (χ1n) is 8.85. The van der Waals surface area contributed by atoms with Crippen LogP contribution in [0.3, 0.4) is 0 Å². The van der Waals surface area contributed by atoms with Crippen molar-refractivity contribution in [1.82, 2.24) is 0 Å². The fourth-order valence-electron chi connectivity index (χ4n) is 3.07. The maximum Gasteiger partial charge on any atom is 0.343 e. The summed E-state index contributed by atoms with van der Waals surface area (Å²) in [6.45, 7) is 5.49. The van der Waals surface area contributed by atoms with Gasteiger partial charge in [-0.2, -0.15) is 0 Å². The quantitative estimate of drug-likeness (QED) is 0.365. The predicted octanol–water partition coefficient (Wildman–Crippen LogP) is 5.04. The van der Waals surface area contributed by atoms with Crippen LogP contribution in [0.15, 0.2) is 58.7 Å². The van der Waals surface area contributed by atoms with E-state index in [4.69, 9.17) is 13.9 Å². The molecule has 0 N–H and O–H groups in total. The van der Waals surface area contributed by atoms with E-state index in [2.05, 4.69) is 0 Å². The van der Waals surface area contributed by atoms with E-state index in [1.165, 1.54) is 0 Å². The standard InChI is InChI=1S/C23H18O5/c1-13-5-4-6-16(11-13)23(25)28-19-10-9-18-21(24)20(27-22(18)15(19)3)12-17-8-7-14(2)26-17/h4-12H,1-3H3/b20-12-. The summed E-state index contributed by atoms with van der Waals surface area (Å²) in [5.74, 6) is 1.52. The number of allylic oxidation sites excluding steroid dienone is 1. The first-order chi connectivity index (χ1) is 13.4. The number of ether oxygens (including phenoxy) is 2. The Balaban J connectivity index is 1.62. The van der Waals surface area contributed by atoms with Gasteiger partial charge >= 0.3 is 5.97 Å². The van der Waals surface area contributed by atoms with Gasteiger partial charge in [0.2, 0.25) is 5.78 Å². The van der Waals surface area contributed by atoms with Crippen LogP contribution in [0.1, 0.15) is 43.4 Å². The summed E-state index contributed by atoms with van der Waals surface area (Å²) in [6, 6.07) is 14.0. The van der Waals surface area contributed by atoms with Crippen molar-refractivity contribution in [1.29, 1.82) is 0 Å². The predicted molar refractivity (Wildman–Crippen MR) is 104 cm³/mol. The van der Waals surface area contributed by atoms with Gasteiger partial charge in [0.05, 0.1) is 11.1 Å². The minimum atomic E-state index is -0.460. The molecule has 2 heterocycles. The van der Waals surface area contributed by atoms with Crippen LogP contribution in [0.5, 0.6) is 11.5 Å². The largest absolute Gasteiger partial charge is 0.462 e. The molecule has 0 spiro atoms. The molecule has 1 aromatic heterocycles. The number of rotatable bonds is 3. The smallest absolute Gasteiger partial charge is 0.343 e. The highest BCUT2D eigenvalue weighted by Gasteiger charge is 2.31. The summed E-state index contributed by atoms with van der Waals surface area (Å²) in [5.41, 5.74) is 2.45. The number of hydrogen-bond donors (Lipinski definition) is 0. The summed E-state index contributed by atoms with van der Waals surface area (Å²) >= 11 is 0. The number of furan rings is 1. The molecule has 0 fully saturated rings. The van der Waals surface area contributed by atoms with E-state index in [1.807, 2.05) is 26.0 Å². The fourth-order valence-corrected chi connectivity index (χ4v) is 3.07. The number of Topliss-reactive ketones (excluding diaryl/α,β-unsaturated/α-hetero) is 1. The Morgan fingerprint density at radius 1 is 1.04 bits per heavy atom. The van der Waals surface area contributed by atoms with Gasteiger partial charge in [-0.3, -0.25) is 4.79 Å². The van der Waals surface area contributed by atoms with Gasteiger partial charge in [-0.25, -0.2) is 4.79 Å². The number of ketones is 1. The van der Waals surface area contributed by atoms with Crippen LogP contribution in [-0.2, 0) is 0 Å². The van der Waals surface area contributed by atoms with Crippen molar-refractivity contribution in [3.63, 3.8) is 0 Å². The summed E-state index contributed by atoms with van der Waals surface area (Å²) in [6.07, 6.45) is 1.56. The van der Waals surface area contributed by atoms with E-state index in [1.54, 1.807) is 49.4 Å². The fraction of sp³-hybridized carbons (Fsp3) is 0.130. The lowest BCUT2D eigenvalue weighted by molar-refractivity contribution is 0.0733. The number of aryl methyl sites for hydroxylation is 2. The van der Waals surface area contributed by atoms with Crippen LogP contribution in [0.25, 0.3) is 6.08 Å². The molecule has 2 aromatic carbocycles. The zero-order valence-corrected chi connectivity index (χ0v) is 15.7. The average Bonchev–Trinajstić information content (AvgIpc) is 3.22. The second-order valence-corrected chi connectivity index (χ2v) is 6.71. The third-order valence-electron chi connectivity index (χ3n) is 4.53. The normalized spacial score (nSPS) is 14.1. The van der Waals surface area contributed by atoms with Crippen molar-refractivity contribution in [3.8, 4) is 11.5 Å². The first-order valence-corrected chi connectivity index (χ1v) is 8.85. The summed E-state index contributed by atoms with van der Waals surface area (Å²) in [4.78, 5) is 25.0. The number of fused-ring (bicyclic) bond motifs is 1. The molecule has 0 unspecified atom stereocenters. The van der Waals surface area contributed by atoms with Gasteiger partial charge < -0.3 is 13.9 Å². The third-order valence-corrected chi connectivity index (χ3v) is 4.53. The van der Waals surface area contributed by atoms with Gasteiger partial charge in [-0.15, -0.1) is 0 Å². The zero-order chi connectivity index (χ0) is 19.8. The van der Waals surface area contributed by atoms with Gasteiger partial charge in [0.1, 0.15) is 23.0 Å². The highest BCUT2D eigenvalue weighted by atomic mass is 16.5. The van der Waals surface area contributed by atoms with Gasteiger partial charge in [0, 0.05) is 11.6 Å². The number of carbonyl (C=O) groups excluding carboxylic acids is 2. The molecule has 3 aromatic rings. The molecule has 0 aliphatic carbocycles. The molecular formula is C23H18O5. The van der Waals surface area contributed by atoms with Crippen LogP contribution in [0, 0.1) is 20.8 Å². The maximum absolute atomic E-state index is 12.6. The number of hydrogen-bond acceptors (Lipinski definition) is 5. The summed E-state index contributed by atoms with van der Waals surface area (Å²) in [5, 5.41) is 0. The zero-order valence-electron chi connectivity index (χ0n) is 15.7. The average molecular weight is 374 g/mol. The van der Waals surface area contributed by atoms with E-state index >= 15 is 0 Å². The number of benzene rings is 2. The first kappa shape index (κ1) is 17.8. The van der Waals surface area contributed by atoms with E-state index in [9.17, 15) is 9.59 Å². The Morgan fingerprint density at radius 2 is 1.86 bits per heavy atom. The van der Waals surface area contributed by atoms with Crippen molar-refractivity contribution >= 4 is 17.8 Å². The second kappa shape index (κ2) is 6.85. The minimum Gasteiger partial charge on any atom is -0.462 e. The van der Waals surface area contributed by atoms with Crippen LogP contribution >= 0.6 is 0 Å². The van der Waals surface area contributed by atoms with Crippen molar-refractivity contribution in [2.45, 2.75) is 20.8 Å². The Kier molecular flexibility index (Phi) is 4.35. The molecule has 28 heavy (non-hydrogen) atoms. The molecule has 0 amide bonds. The van der Waals surface area contributed by atoms with Crippen LogP contribution in [-0.4, -0.2) is 11.8 Å². The molecule has 0 saturated carbocycles. The lowest BCUT2D eigenvalue weighted by atomic mass is 10.1. The van der Waals surface area contributed by atoms with Crippen molar-refractivity contribution < 1.29 is 23.5 Å². The van der Waals surface area contributed by atoms with Crippen molar-refractivity contribution in [2.75, 3.05) is 0 Å². The molecule has 0 bridgehead atoms. The van der Waals surface area contributed by atoms with Crippen LogP contribution in [0.4, 0.5) is 0 Å². The molecule has 4 rings (SSSR count). The van der Waals surface area contributed by atoms with Crippen LogP contribution in [0.2, 0.25) is 0 Å². The van der Waals surface area contributed by atoms with Gasteiger partial charge in [-0.05, 0) is 57.2 Å². The molecule has 140 valence electrons. The van der Waals surface area contributed by atoms with E-state index in [0.29, 0.717) is 33.9 Å². The Bertz CT molecular complexity index is 1130. The minimum absolute atomic E-state index is 0.176. The third kappa shape index (κ3) is 3.22. The molecule has 1 aliphatic heterocycles. The number of carbonyl (C=O) groups is 2.